The van der Waals surface area contributed by atoms with Gasteiger partial charge >= 0.3 is 0 Å². The minimum Gasteiger partial charge on any atom is -0.493 e. The molecule has 0 aliphatic carbocycles. The molecule has 138 valence electrons. The molecule has 1 N–H and O–H groups in total. The maximum atomic E-state index is 12.9. The molecule has 7 heteroatoms. The molecule has 0 radical (unpaired) electrons. The van der Waals surface area contributed by atoms with Crippen LogP contribution in [-0.4, -0.2) is 48.1 Å². The number of fused-ring (bicyclic) bond motifs is 1. The highest BCUT2D eigenvalue weighted by atomic mass is 16.5. The molecule has 2 heterocycles. The summed E-state index contributed by atoms with van der Waals surface area (Å²) in [4.78, 5) is 23.2. The molecule has 0 fully saturated rings. The van der Waals surface area contributed by atoms with Crippen LogP contribution in [0.5, 0.6) is 11.5 Å². The fraction of sp³-hybridized carbons (Fsp3) is 0.421. The number of ether oxygens (including phenoxy) is 2. The van der Waals surface area contributed by atoms with E-state index in [1.807, 2.05) is 12.1 Å². The predicted octanol–water partition coefficient (Wildman–Crippen LogP) is 2.51. The zero-order valence-electron chi connectivity index (χ0n) is 15.4. The smallest absolute Gasteiger partial charge is 0.272 e. The largest absolute Gasteiger partial charge is 0.493 e. The topological polar surface area (TPSA) is 76.6 Å². The third-order valence-electron chi connectivity index (χ3n) is 4.41. The first-order valence-corrected chi connectivity index (χ1v) is 8.76. The summed E-state index contributed by atoms with van der Waals surface area (Å²) in [6.07, 6.45) is 3.35. The quantitative estimate of drug-likeness (QED) is 0.857. The molecule has 1 aliphatic heterocycles. The maximum Gasteiger partial charge on any atom is 0.272 e. The molecule has 0 saturated heterocycles. The summed E-state index contributed by atoms with van der Waals surface area (Å²) in [6, 6.07) is 5.60. The monoisotopic (exact) mass is 356 g/mol. The average Bonchev–Trinajstić information content (AvgIpc) is 2.70. The zero-order valence-corrected chi connectivity index (χ0v) is 15.4. The summed E-state index contributed by atoms with van der Waals surface area (Å²) in [5, 5.41) is 3.11. The second-order valence-corrected chi connectivity index (χ2v) is 6.14. The van der Waals surface area contributed by atoms with E-state index in [0.29, 0.717) is 36.2 Å². The number of carbonyl (C=O) groups excluding carboxylic acids is 1. The van der Waals surface area contributed by atoms with Gasteiger partial charge in [0.1, 0.15) is 5.69 Å². The van der Waals surface area contributed by atoms with Crippen LogP contribution in [0.3, 0.4) is 0 Å². The van der Waals surface area contributed by atoms with Crippen LogP contribution in [0.4, 0.5) is 5.95 Å². The minimum atomic E-state index is -0.0904. The van der Waals surface area contributed by atoms with Crippen LogP contribution in [0.2, 0.25) is 0 Å². The molecule has 0 spiro atoms. The molecule has 0 saturated carbocycles. The number of hydrogen-bond donors (Lipinski definition) is 1. The Morgan fingerprint density at radius 2 is 1.96 bits per heavy atom. The third kappa shape index (κ3) is 3.71. The first-order chi connectivity index (χ1) is 12.7. The van der Waals surface area contributed by atoms with Crippen molar-refractivity contribution in [1.82, 2.24) is 14.9 Å². The van der Waals surface area contributed by atoms with E-state index in [1.165, 1.54) is 5.56 Å². The number of hydrogen-bond acceptors (Lipinski definition) is 6. The SMILES string of the molecule is CCCNc1nccc(C(=O)N2CCc3cc(OC)c(OC)cc3C2)n1. The number of carbonyl (C=O) groups is 1. The van der Waals surface area contributed by atoms with Crippen molar-refractivity contribution in [2.75, 3.05) is 32.6 Å². The number of aromatic nitrogens is 2. The standard InChI is InChI=1S/C19H24N4O3/c1-4-7-20-19-21-8-5-15(22-19)18(24)23-9-6-13-10-16(25-2)17(26-3)11-14(13)12-23/h5,8,10-11H,4,6-7,9,12H2,1-3H3,(H,20,21,22). The van der Waals surface area contributed by atoms with E-state index < -0.39 is 0 Å². The highest BCUT2D eigenvalue weighted by Gasteiger charge is 2.24. The van der Waals surface area contributed by atoms with Crippen molar-refractivity contribution >= 4 is 11.9 Å². The lowest BCUT2D eigenvalue weighted by Crippen LogP contribution is -2.36. The Balaban J connectivity index is 1.79. The highest BCUT2D eigenvalue weighted by Crippen LogP contribution is 2.33. The average molecular weight is 356 g/mol. The molecular weight excluding hydrogens is 332 g/mol. The van der Waals surface area contributed by atoms with E-state index >= 15 is 0 Å². The van der Waals surface area contributed by atoms with Crippen molar-refractivity contribution in [3.63, 3.8) is 0 Å². The first kappa shape index (κ1) is 18.0. The third-order valence-corrected chi connectivity index (χ3v) is 4.41. The summed E-state index contributed by atoms with van der Waals surface area (Å²) in [6.45, 7) is 4.01. The van der Waals surface area contributed by atoms with Crippen LogP contribution in [0.1, 0.15) is 35.0 Å². The van der Waals surface area contributed by atoms with E-state index in [0.717, 1.165) is 24.9 Å². The summed E-state index contributed by atoms with van der Waals surface area (Å²) in [7, 11) is 3.24. The van der Waals surface area contributed by atoms with Gasteiger partial charge in [0.2, 0.25) is 5.95 Å². The Morgan fingerprint density at radius 1 is 1.23 bits per heavy atom. The van der Waals surface area contributed by atoms with E-state index in [4.69, 9.17) is 9.47 Å². The number of rotatable bonds is 6. The van der Waals surface area contributed by atoms with Crippen molar-refractivity contribution in [1.29, 1.82) is 0 Å². The molecule has 1 amide bonds. The second kappa shape index (κ2) is 8.03. The molecule has 0 atom stereocenters. The highest BCUT2D eigenvalue weighted by molar-refractivity contribution is 5.92. The number of nitrogens with one attached hydrogen (secondary N) is 1. The van der Waals surface area contributed by atoms with Crippen LogP contribution in [0.15, 0.2) is 24.4 Å². The van der Waals surface area contributed by atoms with Gasteiger partial charge in [0, 0.05) is 25.8 Å². The number of anilines is 1. The lowest BCUT2D eigenvalue weighted by Gasteiger charge is -2.29. The summed E-state index contributed by atoms with van der Waals surface area (Å²) in [5.74, 6) is 1.79. The normalized spacial score (nSPS) is 13.1. The van der Waals surface area contributed by atoms with Gasteiger partial charge in [0.25, 0.3) is 5.91 Å². The summed E-state index contributed by atoms with van der Waals surface area (Å²) >= 11 is 0. The van der Waals surface area contributed by atoms with Gasteiger partial charge < -0.3 is 19.7 Å². The minimum absolute atomic E-state index is 0.0904. The van der Waals surface area contributed by atoms with Crippen molar-refractivity contribution < 1.29 is 14.3 Å². The lowest BCUT2D eigenvalue weighted by atomic mass is 9.98. The van der Waals surface area contributed by atoms with E-state index in [2.05, 4.69) is 22.2 Å². The van der Waals surface area contributed by atoms with Gasteiger partial charge in [-0.2, -0.15) is 0 Å². The Hall–Kier alpha value is -2.83. The summed E-state index contributed by atoms with van der Waals surface area (Å²) < 4.78 is 10.7. The molecule has 3 rings (SSSR count). The zero-order chi connectivity index (χ0) is 18.5. The van der Waals surface area contributed by atoms with Gasteiger partial charge in [-0.25, -0.2) is 9.97 Å². The van der Waals surface area contributed by atoms with E-state index in [9.17, 15) is 4.79 Å². The fourth-order valence-electron chi connectivity index (χ4n) is 3.02. The van der Waals surface area contributed by atoms with Gasteiger partial charge in [0.15, 0.2) is 11.5 Å². The molecular formula is C19H24N4O3. The molecule has 26 heavy (non-hydrogen) atoms. The van der Waals surface area contributed by atoms with Crippen LogP contribution in [-0.2, 0) is 13.0 Å². The van der Waals surface area contributed by atoms with Gasteiger partial charge in [-0.3, -0.25) is 4.79 Å². The molecule has 2 aromatic rings. The Morgan fingerprint density at radius 3 is 2.65 bits per heavy atom. The van der Waals surface area contributed by atoms with Gasteiger partial charge in [-0.1, -0.05) is 6.92 Å². The molecule has 1 aliphatic rings. The number of benzene rings is 1. The van der Waals surface area contributed by atoms with Crippen LogP contribution in [0.25, 0.3) is 0 Å². The summed E-state index contributed by atoms with van der Waals surface area (Å²) in [5.41, 5.74) is 2.66. The van der Waals surface area contributed by atoms with E-state index in [1.54, 1.807) is 31.4 Å². The fourth-order valence-corrected chi connectivity index (χ4v) is 3.02. The second-order valence-electron chi connectivity index (χ2n) is 6.14. The Kier molecular flexibility index (Phi) is 5.55. The maximum absolute atomic E-state index is 12.9. The van der Waals surface area contributed by atoms with Gasteiger partial charge in [-0.15, -0.1) is 0 Å². The number of amides is 1. The van der Waals surface area contributed by atoms with Crippen molar-refractivity contribution in [3.05, 3.63) is 41.2 Å². The van der Waals surface area contributed by atoms with Crippen molar-refractivity contribution in [3.8, 4) is 11.5 Å². The van der Waals surface area contributed by atoms with Crippen molar-refractivity contribution in [2.45, 2.75) is 26.3 Å². The first-order valence-electron chi connectivity index (χ1n) is 8.76. The van der Waals surface area contributed by atoms with E-state index in [-0.39, 0.29) is 5.91 Å². The lowest BCUT2D eigenvalue weighted by molar-refractivity contribution is 0.0728. The molecule has 1 aromatic carbocycles. The van der Waals surface area contributed by atoms with Gasteiger partial charge in [0.05, 0.1) is 14.2 Å². The molecule has 1 aromatic heterocycles. The molecule has 7 nitrogen and oxygen atoms in total. The Labute approximate surface area is 153 Å². The predicted molar refractivity (Wildman–Crippen MR) is 98.8 cm³/mol. The number of methoxy groups -OCH3 is 2. The Bertz CT molecular complexity index is 794. The molecule has 0 bridgehead atoms. The van der Waals surface area contributed by atoms with Gasteiger partial charge in [-0.05, 0) is 42.2 Å². The van der Waals surface area contributed by atoms with Crippen LogP contribution in [0, 0.1) is 0 Å². The number of nitrogens with zero attached hydrogens (tertiary/aromatic N) is 3. The van der Waals surface area contributed by atoms with Crippen LogP contribution < -0.4 is 14.8 Å². The van der Waals surface area contributed by atoms with Crippen molar-refractivity contribution in [2.24, 2.45) is 0 Å². The van der Waals surface area contributed by atoms with Crippen LogP contribution >= 0.6 is 0 Å². The molecule has 0 unspecified atom stereocenters.